The maximum Gasteiger partial charge on any atom is 0.276 e. The lowest BCUT2D eigenvalue weighted by Crippen LogP contribution is -2.25. The number of fused-ring (bicyclic) bond motifs is 2. The molecule has 3 N–H and O–H groups in total. The Kier molecular flexibility index (Phi) is 4.08. The van der Waals surface area contributed by atoms with Crippen molar-refractivity contribution in [3.63, 3.8) is 0 Å². The second-order valence-electron chi connectivity index (χ2n) is 6.56. The van der Waals surface area contributed by atoms with Crippen LogP contribution in [0.2, 0.25) is 0 Å². The summed E-state index contributed by atoms with van der Waals surface area (Å²) >= 11 is 0. The maximum absolute atomic E-state index is 12.7. The van der Waals surface area contributed by atoms with Crippen LogP contribution in [0.5, 0.6) is 0 Å². The molecule has 4 rings (SSSR count). The Morgan fingerprint density at radius 2 is 2.25 bits per heavy atom. The Morgan fingerprint density at radius 1 is 1.33 bits per heavy atom. The van der Waals surface area contributed by atoms with Gasteiger partial charge < -0.3 is 10.6 Å². The highest BCUT2D eigenvalue weighted by molar-refractivity contribution is 6.04. The first-order chi connectivity index (χ1) is 11.8. The standard InChI is InChI=1S/C18H23N5O/c1-2-8-23-10-12-4-3-5-15(14(12)11-23)20-18(24)17-13-9-19-7-6-16(13)21-22-17/h3-5,19H,2,6-11H2,1H3,(H,20,24)(H,21,22). The second-order valence-corrected chi connectivity index (χ2v) is 6.56. The fourth-order valence-corrected chi connectivity index (χ4v) is 3.68. The molecular weight excluding hydrogens is 302 g/mol. The predicted octanol–water partition coefficient (Wildman–Crippen LogP) is 2.03. The summed E-state index contributed by atoms with van der Waals surface area (Å²) in [5, 5.41) is 13.6. The van der Waals surface area contributed by atoms with Gasteiger partial charge in [0.2, 0.25) is 0 Å². The van der Waals surface area contributed by atoms with Crippen LogP contribution in [-0.2, 0) is 26.1 Å². The molecule has 1 amide bonds. The van der Waals surface area contributed by atoms with Crippen molar-refractivity contribution in [2.45, 2.75) is 39.4 Å². The third-order valence-corrected chi connectivity index (χ3v) is 4.86. The van der Waals surface area contributed by atoms with Crippen LogP contribution >= 0.6 is 0 Å². The summed E-state index contributed by atoms with van der Waals surface area (Å²) < 4.78 is 0. The number of H-pyrrole nitrogens is 1. The van der Waals surface area contributed by atoms with E-state index in [1.165, 1.54) is 11.1 Å². The minimum absolute atomic E-state index is 0.126. The molecule has 3 heterocycles. The van der Waals surface area contributed by atoms with E-state index in [2.05, 4.69) is 38.7 Å². The lowest BCUT2D eigenvalue weighted by molar-refractivity contribution is 0.102. The van der Waals surface area contributed by atoms with Crippen LogP contribution in [0, 0.1) is 0 Å². The molecule has 6 nitrogen and oxygen atoms in total. The molecule has 2 aliphatic rings. The number of amides is 1. The Balaban J connectivity index is 1.56. The summed E-state index contributed by atoms with van der Waals surface area (Å²) in [6.45, 7) is 6.77. The third kappa shape index (κ3) is 2.72. The van der Waals surface area contributed by atoms with E-state index in [0.29, 0.717) is 12.2 Å². The average Bonchev–Trinajstić information content (AvgIpc) is 3.19. The van der Waals surface area contributed by atoms with Crippen molar-refractivity contribution >= 4 is 11.6 Å². The van der Waals surface area contributed by atoms with E-state index < -0.39 is 0 Å². The van der Waals surface area contributed by atoms with Gasteiger partial charge in [0.05, 0.1) is 0 Å². The van der Waals surface area contributed by atoms with Gasteiger partial charge in [-0.05, 0) is 30.2 Å². The Bertz CT molecular complexity index is 767. The number of carbonyl (C=O) groups excluding carboxylic acids is 1. The van der Waals surface area contributed by atoms with E-state index in [-0.39, 0.29) is 5.91 Å². The second kappa shape index (κ2) is 6.37. The van der Waals surface area contributed by atoms with Gasteiger partial charge in [0.25, 0.3) is 5.91 Å². The van der Waals surface area contributed by atoms with Crippen LogP contribution in [0.4, 0.5) is 5.69 Å². The van der Waals surface area contributed by atoms with Crippen LogP contribution in [0.1, 0.15) is 46.2 Å². The molecule has 126 valence electrons. The summed E-state index contributed by atoms with van der Waals surface area (Å²) in [6, 6.07) is 6.16. The summed E-state index contributed by atoms with van der Waals surface area (Å²) in [4.78, 5) is 15.1. The van der Waals surface area contributed by atoms with E-state index >= 15 is 0 Å². The summed E-state index contributed by atoms with van der Waals surface area (Å²) in [5.41, 5.74) is 6.05. The smallest absolute Gasteiger partial charge is 0.276 e. The van der Waals surface area contributed by atoms with Crippen molar-refractivity contribution in [3.05, 3.63) is 46.3 Å². The van der Waals surface area contributed by atoms with Gasteiger partial charge in [-0.15, -0.1) is 0 Å². The predicted molar refractivity (Wildman–Crippen MR) is 92.8 cm³/mol. The van der Waals surface area contributed by atoms with Crippen molar-refractivity contribution in [1.82, 2.24) is 20.4 Å². The molecule has 1 aromatic heterocycles. The van der Waals surface area contributed by atoms with Crippen molar-refractivity contribution < 1.29 is 4.79 Å². The van der Waals surface area contributed by atoms with E-state index in [0.717, 1.165) is 56.0 Å². The van der Waals surface area contributed by atoms with Crippen LogP contribution in [0.3, 0.4) is 0 Å². The van der Waals surface area contributed by atoms with Crippen molar-refractivity contribution in [2.75, 3.05) is 18.4 Å². The molecular formula is C18H23N5O. The minimum Gasteiger partial charge on any atom is -0.320 e. The molecule has 6 heteroatoms. The number of aromatic nitrogens is 2. The number of nitrogens with zero attached hydrogens (tertiary/aromatic N) is 2. The van der Waals surface area contributed by atoms with Crippen LogP contribution < -0.4 is 10.6 Å². The van der Waals surface area contributed by atoms with Gasteiger partial charge in [-0.3, -0.25) is 14.8 Å². The van der Waals surface area contributed by atoms with Gasteiger partial charge in [0, 0.05) is 49.5 Å². The number of carbonyl (C=O) groups is 1. The fraction of sp³-hybridized carbons (Fsp3) is 0.444. The highest BCUT2D eigenvalue weighted by Gasteiger charge is 2.25. The van der Waals surface area contributed by atoms with E-state index in [1.807, 2.05) is 12.1 Å². The molecule has 1 aromatic carbocycles. The monoisotopic (exact) mass is 325 g/mol. The quantitative estimate of drug-likeness (QED) is 0.804. The van der Waals surface area contributed by atoms with E-state index in [1.54, 1.807) is 0 Å². The van der Waals surface area contributed by atoms with Gasteiger partial charge in [-0.25, -0.2) is 0 Å². The topological polar surface area (TPSA) is 73.0 Å². The number of hydrogen-bond acceptors (Lipinski definition) is 4. The normalized spacial score (nSPS) is 16.7. The summed E-state index contributed by atoms with van der Waals surface area (Å²) in [5.74, 6) is -0.126. The lowest BCUT2D eigenvalue weighted by Gasteiger charge is -2.14. The van der Waals surface area contributed by atoms with Gasteiger partial charge in [0.15, 0.2) is 5.69 Å². The molecule has 0 radical (unpaired) electrons. The van der Waals surface area contributed by atoms with Crippen molar-refractivity contribution in [1.29, 1.82) is 0 Å². The molecule has 0 saturated heterocycles. The first kappa shape index (κ1) is 15.4. The maximum atomic E-state index is 12.7. The molecule has 2 aromatic rings. The molecule has 0 fully saturated rings. The number of anilines is 1. The van der Waals surface area contributed by atoms with Crippen LogP contribution in [-0.4, -0.2) is 34.1 Å². The largest absolute Gasteiger partial charge is 0.320 e. The Hall–Kier alpha value is -2.18. The number of nitrogens with one attached hydrogen (secondary N) is 3. The zero-order valence-corrected chi connectivity index (χ0v) is 14.0. The highest BCUT2D eigenvalue weighted by Crippen LogP contribution is 2.30. The van der Waals surface area contributed by atoms with Gasteiger partial charge in [0.1, 0.15) is 0 Å². The van der Waals surface area contributed by atoms with Gasteiger partial charge in [-0.1, -0.05) is 19.1 Å². The number of benzene rings is 1. The molecule has 0 aliphatic carbocycles. The lowest BCUT2D eigenvalue weighted by atomic mass is 10.1. The van der Waals surface area contributed by atoms with E-state index in [9.17, 15) is 4.79 Å². The Labute approximate surface area is 141 Å². The van der Waals surface area contributed by atoms with Crippen LogP contribution in [0.25, 0.3) is 0 Å². The third-order valence-electron chi connectivity index (χ3n) is 4.86. The molecule has 24 heavy (non-hydrogen) atoms. The van der Waals surface area contributed by atoms with Crippen molar-refractivity contribution in [2.24, 2.45) is 0 Å². The number of hydrogen-bond donors (Lipinski definition) is 3. The highest BCUT2D eigenvalue weighted by atomic mass is 16.2. The zero-order chi connectivity index (χ0) is 16.5. The summed E-state index contributed by atoms with van der Waals surface area (Å²) in [7, 11) is 0. The summed E-state index contributed by atoms with van der Waals surface area (Å²) in [6.07, 6.45) is 2.03. The fourth-order valence-electron chi connectivity index (χ4n) is 3.68. The van der Waals surface area contributed by atoms with E-state index in [4.69, 9.17) is 0 Å². The first-order valence-electron chi connectivity index (χ1n) is 8.67. The number of aromatic amines is 1. The SMILES string of the molecule is CCCN1Cc2cccc(NC(=O)c3n[nH]c4c3CNCC4)c2C1. The molecule has 0 unspecified atom stereocenters. The molecule has 0 atom stereocenters. The average molecular weight is 325 g/mol. The van der Waals surface area contributed by atoms with Gasteiger partial charge >= 0.3 is 0 Å². The molecule has 2 aliphatic heterocycles. The van der Waals surface area contributed by atoms with Crippen molar-refractivity contribution in [3.8, 4) is 0 Å². The minimum atomic E-state index is -0.126. The number of rotatable bonds is 4. The first-order valence-corrected chi connectivity index (χ1v) is 8.67. The Morgan fingerprint density at radius 3 is 3.12 bits per heavy atom. The zero-order valence-electron chi connectivity index (χ0n) is 14.0. The van der Waals surface area contributed by atoms with Gasteiger partial charge in [-0.2, -0.15) is 5.10 Å². The molecule has 0 bridgehead atoms. The molecule has 0 saturated carbocycles. The molecule has 0 spiro atoms. The van der Waals surface area contributed by atoms with Crippen LogP contribution in [0.15, 0.2) is 18.2 Å².